The molecule has 0 aliphatic carbocycles. The van der Waals surface area contributed by atoms with Gasteiger partial charge in [0, 0.05) is 10.7 Å². The average Bonchev–Trinajstić information content (AvgIpc) is 2.90. The monoisotopic (exact) mass is 373 g/mol. The van der Waals surface area contributed by atoms with Gasteiger partial charge in [0.15, 0.2) is 11.6 Å². The minimum atomic E-state index is -1.24. The Morgan fingerprint density at radius 2 is 2.10 bits per heavy atom. The van der Waals surface area contributed by atoms with Crippen LogP contribution in [0.1, 0.15) is 25.6 Å². The van der Waals surface area contributed by atoms with Crippen LogP contribution in [0.15, 0.2) is 34.4 Å². The molecule has 114 valence electrons. The fourth-order valence-corrected chi connectivity index (χ4v) is 3.10. The van der Waals surface area contributed by atoms with E-state index in [1.54, 1.807) is 17.8 Å². The summed E-state index contributed by atoms with van der Waals surface area (Å²) in [5, 5.41) is 11.0. The number of hydrogen-bond acceptors (Lipinski definition) is 4. The molecular weight excluding hydrogens is 357 g/mol. The van der Waals surface area contributed by atoms with E-state index in [0.717, 1.165) is 0 Å². The molecule has 1 unspecified atom stereocenters. The van der Waals surface area contributed by atoms with Gasteiger partial charge in [-0.25, -0.2) is 4.39 Å². The zero-order chi connectivity index (χ0) is 15.7. The second-order valence-corrected chi connectivity index (χ2v) is 7.64. The number of benzene rings is 1. The zero-order valence-corrected chi connectivity index (χ0v) is 14.5. The summed E-state index contributed by atoms with van der Waals surface area (Å²) in [5.74, 6) is -0.352. The van der Waals surface area contributed by atoms with Gasteiger partial charge in [0.05, 0.1) is 10.4 Å². The van der Waals surface area contributed by atoms with Crippen molar-refractivity contribution in [3.05, 3.63) is 45.1 Å². The Kier molecular flexibility index (Phi) is 4.70. The van der Waals surface area contributed by atoms with Crippen molar-refractivity contribution in [2.45, 2.75) is 26.4 Å². The first-order valence-corrected chi connectivity index (χ1v) is 8.10. The van der Waals surface area contributed by atoms with E-state index in [-0.39, 0.29) is 12.4 Å². The summed E-state index contributed by atoms with van der Waals surface area (Å²) in [4.78, 5) is 4.71. The highest BCUT2D eigenvalue weighted by Crippen LogP contribution is 2.41. The topological polar surface area (TPSA) is 42.4 Å². The Balaban J connectivity index is 2.25. The van der Waals surface area contributed by atoms with Crippen LogP contribution >= 0.6 is 27.3 Å². The number of ether oxygens (including phenoxy) is 1. The Hall–Kier alpha value is -0.980. The molecule has 3 nitrogen and oxygen atoms in total. The molecule has 2 aromatic rings. The zero-order valence-electron chi connectivity index (χ0n) is 12.1. The maximum atomic E-state index is 13.8. The third-order valence-electron chi connectivity index (χ3n) is 3.41. The lowest BCUT2D eigenvalue weighted by Crippen LogP contribution is -2.44. The third-order valence-corrected chi connectivity index (χ3v) is 4.83. The van der Waals surface area contributed by atoms with E-state index >= 15 is 0 Å². The minimum Gasteiger partial charge on any atom is -0.487 e. The molecule has 1 atom stereocenters. The van der Waals surface area contributed by atoms with Gasteiger partial charge in [-0.2, -0.15) is 0 Å². The highest BCUT2D eigenvalue weighted by atomic mass is 79.9. The molecule has 1 aromatic carbocycles. The standard InChI is InChI=1S/C15H17BrFNO2S/c1-14(2,3)15(19,13-7-18-9-21-13)8-20-12-5-4-10(16)6-11(12)17/h4-7,9,19H,8H2,1-3H3. The van der Waals surface area contributed by atoms with Crippen molar-refractivity contribution >= 4 is 27.3 Å². The van der Waals surface area contributed by atoms with Crippen LogP contribution in [0.5, 0.6) is 5.75 Å². The Morgan fingerprint density at radius 1 is 1.38 bits per heavy atom. The van der Waals surface area contributed by atoms with Crippen LogP contribution in [-0.2, 0) is 5.60 Å². The molecule has 0 radical (unpaired) electrons. The van der Waals surface area contributed by atoms with Crippen molar-refractivity contribution in [1.82, 2.24) is 4.98 Å². The molecule has 0 aliphatic heterocycles. The number of aliphatic hydroxyl groups is 1. The quantitative estimate of drug-likeness (QED) is 0.865. The SMILES string of the molecule is CC(C)(C)C(O)(COc1ccc(Br)cc1F)c1cncs1. The molecule has 21 heavy (non-hydrogen) atoms. The van der Waals surface area contributed by atoms with E-state index in [2.05, 4.69) is 20.9 Å². The van der Waals surface area contributed by atoms with Crippen molar-refractivity contribution in [2.75, 3.05) is 6.61 Å². The fourth-order valence-electron chi connectivity index (χ4n) is 1.85. The maximum Gasteiger partial charge on any atom is 0.166 e. The molecule has 0 spiro atoms. The van der Waals surface area contributed by atoms with Gasteiger partial charge in [-0.1, -0.05) is 36.7 Å². The highest BCUT2D eigenvalue weighted by Gasteiger charge is 2.44. The van der Waals surface area contributed by atoms with Crippen LogP contribution in [0.25, 0.3) is 0 Å². The maximum absolute atomic E-state index is 13.8. The van der Waals surface area contributed by atoms with E-state index in [9.17, 15) is 9.50 Å². The Morgan fingerprint density at radius 3 is 2.62 bits per heavy atom. The van der Waals surface area contributed by atoms with Gasteiger partial charge in [0.2, 0.25) is 0 Å². The summed E-state index contributed by atoms with van der Waals surface area (Å²) in [7, 11) is 0. The van der Waals surface area contributed by atoms with Gasteiger partial charge < -0.3 is 9.84 Å². The van der Waals surface area contributed by atoms with Crippen LogP contribution in [0.4, 0.5) is 4.39 Å². The normalized spacial score (nSPS) is 14.8. The largest absolute Gasteiger partial charge is 0.487 e. The molecule has 0 bridgehead atoms. The molecule has 6 heteroatoms. The molecule has 1 heterocycles. The summed E-state index contributed by atoms with van der Waals surface area (Å²) >= 11 is 4.55. The number of nitrogens with zero attached hydrogens (tertiary/aromatic N) is 1. The van der Waals surface area contributed by atoms with E-state index < -0.39 is 16.8 Å². The van der Waals surface area contributed by atoms with Crippen LogP contribution in [0.2, 0.25) is 0 Å². The molecule has 2 rings (SSSR count). The smallest absolute Gasteiger partial charge is 0.166 e. The lowest BCUT2D eigenvalue weighted by molar-refractivity contribution is -0.0923. The van der Waals surface area contributed by atoms with E-state index in [0.29, 0.717) is 9.35 Å². The molecule has 1 N–H and O–H groups in total. The van der Waals surface area contributed by atoms with Crippen LogP contribution in [-0.4, -0.2) is 16.7 Å². The van der Waals surface area contributed by atoms with Crippen molar-refractivity contribution in [3.63, 3.8) is 0 Å². The molecule has 0 aliphatic rings. The first-order chi connectivity index (χ1) is 9.74. The summed E-state index contributed by atoms with van der Waals surface area (Å²) in [6, 6.07) is 4.56. The lowest BCUT2D eigenvalue weighted by atomic mass is 9.76. The Bertz CT molecular complexity index is 613. The summed E-state index contributed by atoms with van der Waals surface area (Å²) in [5.41, 5.74) is -0.0642. The summed E-state index contributed by atoms with van der Waals surface area (Å²) in [6.07, 6.45) is 1.62. The first-order valence-electron chi connectivity index (χ1n) is 6.43. The van der Waals surface area contributed by atoms with Crippen molar-refractivity contribution in [1.29, 1.82) is 0 Å². The minimum absolute atomic E-state index is 0.0444. The second-order valence-electron chi connectivity index (χ2n) is 5.84. The molecule has 1 aromatic heterocycles. The number of thiazole rings is 1. The predicted octanol–water partition coefficient (Wildman–Crippen LogP) is 4.36. The van der Waals surface area contributed by atoms with Crippen LogP contribution in [0.3, 0.4) is 0 Å². The highest BCUT2D eigenvalue weighted by molar-refractivity contribution is 9.10. The van der Waals surface area contributed by atoms with Crippen LogP contribution < -0.4 is 4.74 Å². The van der Waals surface area contributed by atoms with Crippen LogP contribution in [0, 0.1) is 11.2 Å². The van der Waals surface area contributed by atoms with Gasteiger partial charge >= 0.3 is 0 Å². The first kappa shape index (κ1) is 16.4. The number of aromatic nitrogens is 1. The summed E-state index contributed by atoms with van der Waals surface area (Å²) < 4.78 is 20.0. The van der Waals surface area contributed by atoms with Gasteiger partial charge in [0.25, 0.3) is 0 Å². The number of halogens is 2. The second kappa shape index (κ2) is 6.02. The molecule has 0 saturated carbocycles. The van der Waals surface area contributed by atoms with Crippen molar-refractivity contribution < 1.29 is 14.2 Å². The molecule has 0 fully saturated rings. The van der Waals surface area contributed by atoms with E-state index in [4.69, 9.17) is 4.74 Å². The molecular formula is C15H17BrFNO2S. The predicted molar refractivity (Wildman–Crippen MR) is 85.1 cm³/mol. The van der Waals surface area contributed by atoms with Crippen molar-refractivity contribution in [3.8, 4) is 5.75 Å². The van der Waals surface area contributed by atoms with E-state index in [1.165, 1.54) is 23.5 Å². The van der Waals surface area contributed by atoms with E-state index in [1.807, 2.05) is 20.8 Å². The average molecular weight is 374 g/mol. The number of hydrogen-bond donors (Lipinski definition) is 1. The number of rotatable bonds is 4. The lowest BCUT2D eigenvalue weighted by Gasteiger charge is -2.38. The molecule has 0 amide bonds. The third kappa shape index (κ3) is 3.44. The van der Waals surface area contributed by atoms with Gasteiger partial charge in [-0.3, -0.25) is 4.98 Å². The Labute approximate surface area is 135 Å². The van der Waals surface area contributed by atoms with Crippen molar-refractivity contribution in [2.24, 2.45) is 5.41 Å². The molecule has 0 saturated heterocycles. The fraction of sp³-hybridized carbons (Fsp3) is 0.400. The van der Waals surface area contributed by atoms with Gasteiger partial charge in [-0.15, -0.1) is 11.3 Å². The summed E-state index contributed by atoms with van der Waals surface area (Å²) in [6.45, 7) is 5.69. The van der Waals surface area contributed by atoms with Gasteiger partial charge in [0.1, 0.15) is 12.2 Å². The van der Waals surface area contributed by atoms with Gasteiger partial charge in [-0.05, 0) is 23.6 Å².